The van der Waals surface area contributed by atoms with Crippen LogP contribution in [0.4, 0.5) is 8.78 Å². The third-order valence-electron chi connectivity index (χ3n) is 2.95. The van der Waals surface area contributed by atoms with E-state index >= 15 is 0 Å². The molecule has 2 nitrogen and oxygen atoms in total. The van der Waals surface area contributed by atoms with Crippen molar-refractivity contribution in [2.45, 2.75) is 19.1 Å². The molecule has 0 aliphatic rings. The van der Waals surface area contributed by atoms with Gasteiger partial charge in [-0.25, -0.2) is 8.78 Å². The zero-order valence-corrected chi connectivity index (χ0v) is 11.0. The number of aliphatic hydroxyl groups is 1. The molecule has 0 bridgehead atoms. The summed E-state index contributed by atoms with van der Waals surface area (Å²) in [4.78, 5) is 0. The van der Waals surface area contributed by atoms with Crippen LogP contribution in [0.2, 0.25) is 0 Å². The highest BCUT2D eigenvalue weighted by Crippen LogP contribution is 2.08. The predicted octanol–water partition coefficient (Wildman–Crippen LogP) is 2.66. The summed E-state index contributed by atoms with van der Waals surface area (Å²) >= 11 is 0. The molecule has 0 aromatic heterocycles. The van der Waals surface area contributed by atoms with Gasteiger partial charge in [0.2, 0.25) is 0 Å². The molecule has 0 amide bonds. The second kappa shape index (κ2) is 7.12. The highest BCUT2D eigenvalue weighted by molar-refractivity contribution is 5.18. The average molecular weight is 277 g/mol. The quantitative estimate of drug-likeness (QED) is 0.851. The zero-order chi connectivity index (χ0) is 14.4. The lowest BCUT2D eigenvalue weighted by molar-refractivity contribution is 0.171. The molecular weight excluding hydrogens is 260 g/mol. The van der Waals surface area contributed by atoms with E-state index in [4.69, 9.17) is 0 Å². The fourth-order valence-electron chi connectivity index (χ4n) is 2.05. The Morgan fingerprint density at radius 1 is 0.950 bits per heavy atom. The number of benzene rings is 2. The molecule has 2 aromatic rings. The van der Waals surface area contributed by atoms with Crippen molar-refractivity contribution in [3.63, 3.8) is 0 Å². The van der Waals surface area contributed by atoms with Crippen LogP contribution in [0.1, 0.15) is 11.1 Å². The monoisotopic (exact) mass is 277 g/mol. The summed E-state index contributed by atoms with van der Waals surface area (Å²) in [5, 5.41) is 12.9. The van der Waals surface area contributed by atoms with E-state index in [1.807, 2.05) is 30.3 Å². The van der Waals surface area contributed by atoms with Crippen molar-refractivity contribution < 1.29 is 13.9 Å². The molecule has 1 unspecified atom stereocenters. The summed E-state index contributed by atoms with van der Waals surface area (Å²) in [5.74, 6) is -1.18. The second-order valence-corrected chi connectivity index (χ2v) is 4.75. The second-order valence-electron chi connectivity index (χ2n) is 4.75. The molecule has 2 aromatic carbocycles. The fourth-order valence-corrected chi connectivity index (χ4v) is 2.05. The molecule has 0 heterocycles. The minimum Gasteiger partial charge on any atom is -0.391 e. The van der Waals surface area contributed by atoms with Gasteiger partial charge < -0.3 is 10.4 Å². The predicted molar refractivity (Wildman–Crippen MR) is 74.2 cm³/mol. The van der Waals surface area contributed by atoms with Gasteiger partial charge in [0.1, 0.15) is 11.6 Å². The molecule has 4 heteroatoms. The topological polar surface area (TPSA) is 32.3 Å². The Labute approximate surface area is 117 Å². The van der Waals surface area contributed by atoms with Gasteiger partial charge in [-0.05, 0) is 29.7 Å². The maximum Gasteiger partial charge on any atom is 0.126 e. The molecule has 0 saturated heterocycles. The van der Waals surface area contributed by atoms with Crippen molar-refractivity contribution in [3.05, 3.63) is 71.3 Å². The minimum absolute atomic E-state index is 0.320. The van der Waals surface area contributed by atoms with Gasteiger partial charge in [-0.15, -0.1) is 0 Å². The first kappa shape index (κ1) is 14.6. The molecule has 0 saturated carbocycles. The smallest absolute Gasteiger partial charge is 0.126 e. The first-order chi connectivity index (χ1) is 9.63. The van der Waals surface area contributed by atoms with Gasteiger partial charge in [-0.2, -0.15) is 0 Å². The van der Waals surface area contributed by atoms with Gasteiger partial charge in [-0.3, -0.25) is 0 Å². The average Bonchev–Trinajstić information content (AvgIpc) is 2.38. The van der Waals surface area contributed by atoms with E-state index in [1.54, 1.807) is 0 Å². The molecular formula is C16H17F2NO. The highest BCUT2D eigenvalue weighted by Gasteiger charge is 2.06. The van der Waals surface area contributed by atoms with Crippen LogP contribution in [0.3, 0.4) is 0 Å². The van der Waals surface area contributed by atoms with Crippen molar-refractivity contribution in [2.24, 2.45) is 0 Å². The van der Waals surface area contributed by atoms with Gasteiger partial charge >= 0.3 is 0 Å². The summed E-state index contributed by atoms with van der Waals surface area (Å²) in [6.07, 6.45) is 0.0153. The Bertz CT molecular complexity index is 525. The van der Waals surface area contributed by atoms with Crippen LogP contribution < -0.4 is 5.32 Å². The highest BCUT2D eigenvalue weighted by atomic mass is 19.1. The third-order valence-corrected chi connectivity index (χ3v) is 2.95. The SMILES string of the molecule is OC(CNCc1cc(F)cc(F)c1)Cc1ccccc1. The molecule has 0 spiro atoms. The fraction of sp³-hybridized carbons (Fsp3) is 0.250. The molecule has 2 rings (SSSR count). The largest absolute Gasteiger partial charge is 0.391 e. The lowest BCUT2D eigenvalue weighted by Gasteiger charge is -2.12. The number of nitrogens with one attached hydrogen (secondary N) is 1. The van der Waals surface area contributed by atoms with E-state index in [0.29, 0.717) is 25.1 Å². The molecule has 1 atom stereocenters. The lowest BCUT2D eigenvalue weighted by atomic mass is 10.1. The molecule has 106 valence electrons. The van der Waals surface area contributed by atoms with Crippen molar-refractivity contribution in [3.8, 4) is 0 Å². The van der Waals surface area contributed by atoms with E-state index in [0.717, 1.165) is 11.6 Å². The minimum atomic E-state index is -0.591. The maximum absolute atomic E-state index is 13.0. The zero-order valence-electron chi connectivity index (χ0n) is 11.0. The first-order valence-electron chi connectivity index (χ1n) is 6.51. The van der Waals surface area contributed by atoms with Crippen molar-refractivity contribution in [1.29, 1.82) is 0 Å². The summed E-state index contributed by atoms with van der Waals surface area (Å²) in [5.41, 5.74) is 1.58. The summed E-state index contributed by atoms with van der Waals surface area (Å²) in [7, 11) is 0. The first-order valence-corrected chi connectivity index (χ1v) is 6.51. The van der Waals surface area contributed by atoms with Gasteiger partial charge in [0.05, 0.1) is 6.10 Å². The number of aliphatic hydroxyl groups excluding tert-OH is 1. The van der Waals surface area contributed by atoms with Crippen LogP contribution in [0.25, 0.3) is 0 Å². The van der Waals surface area contributed by atoms with E-state index in [1.165, 1.54) is 12.1 Å². The van der Waals surface area contributed by atoms with E-state index < -0.39 is 17.7 Å². The van der Waals surface area contributed by atoms with Crippen LogP contribution >= 0.6 is 0 Å². The standard InChI is InChI=1S/C16H17F2NO/c17-14-6-13(7-15(18)9-14)10-19-11-16(20)8-12-4-2-1-3-5-12/h1-7,9,16,19-20H,8,10-11H2. The summed E-state index contributed by atoms with van der Waals surface area (Å²) in [6, 6.07) is 13.1. The van der Waals surface area contributed by atoms with E-state index in [2.05, 4.69) is 5.32 Å². The molecule has 0 fully saturated rings. The van der Waals surface area contributed by atoms with Crippen LogP contribution in [0.15, 0.2) is 48.5 Å². The summed E-state index contributed by atoms with van der Waals surface area (Å²) < 4.78 is 26.0. The normalized spacial score (nSPS) is 12.3. The van der Waals surface area contributed by atoms with Crippen LogP contribution in [-0.4, -0.2) is 17.8 Å². The molecule has 0 radical (unpaired) electrons. The van der Waals surface area contributed by atoms with Crippen molar-refractivity contribution in [1.82, 2.24) is 5.32 Å². The van der Waals surface area contributed by atoms with Crippen LogP contribution in [-0.2, 0) is 13.0 Å². The third kappa shape index (κ3) is 4.72. The Morgan fingerprint density at radius 2 is 1.60 bits per heavy atom. The lowest BCUT2D eigenvalue weighted by Crippen LogP contribution is -2.28. The molecule has 2 N–H and O–H groups in total. The van der Waals surface area contributed by atoms with E-state index in [9.17, 15) is 13.9 Å². The van der Waals surface area contributed by atoms with Gasteiger partial charge in [0, 0.05) is 19.2 Å². The Hall–Kier alpha value is -1.78. The van der Waals surface area contributed by atoms with Crippen molar-refractivity contribution in [2.75, 3.05) is 6.54 Å². The Morgan fingerprint density at radius 3 is 2.25 bits per heavy atom. The van der Waals surface area contributed by atoms with Gasteiger partial charge in [-0.1, -0.05) is 30.3 Å². The van der Waals surface area contributed by atoms with Crippen LogP contribution in [0, 0.1) is 11.6 Å². The number of halogens is 2. The Kier molecular flexibility index (Phi) is 5.21. The summed E-state index contributed by atoms with van der Waals surface area (Å²) in [6.45, 7) is 0.688. The van der Waals surface area contributed by atoms with Crippen molar-refractivity contribution >= 4 is 0 Å². The molecule has 0 aliphatic heterocycles. The Balaban J connectivity index is 1.78. The van der Waals surface area contributed by atoms with Gasteiger partial charge in [0.25, 0.3) is 0 Å². The van der Waals surface area contributed by atoms with Gasteiger partial charge in [0.15, 0.2) is 0 Å². The number of hydrogen-bond donors (Lipinski definition) is 2. The maximum atomic E-state index is 13.0. The number of hydrogen-bond acceptors (Lipinski definition) is 2. The number of rotatable bonds is 6. The van der Waals surface area contributed by atoms with E-state index in [-0.39, 0.29) is 0 Å². The molecule has 0 aliphatic carbocycles. The van der Waals surface area contributed by atoms with Crippen LogP contribution in [0.5, 0.6) is 0 Å². The molecule has 20 heavy (non-hydrogen) atoms.